The third kappa shape index (κ3) is 2.64. The van der Waals surface area contributed by atoms with Crippen LogP contribution in [0.1, 0.15) is 18.9 Å². The van der Waals surface area contributed by atoms with Crippen molar-refractivity contribution in [2.24, 2.45) is 5.92 Å². The monoisotopic (exact) mass is 265 g/mol. The summed E-state index contributed by atoms with van der Waals surface area (Å²) in [6.45, 7) is 4.59. The van der Waals surface area contributed by atoms with Crippen molar-refractivity contribution in [1.29, 1.82) is 0 Å². The second-order valence-electron chi connectivity index (χ2n) is 4.61. The number of carbonyl (C=O) groups excluding carboxylic acids is 1. The van der Waals surface area contributed by atoms with Crippen LogP contribution in [-0.2, 0) is 4.79 Å². The number of aromatic hydroxyl groups is 1. The summed E-state index contributed by atoms with van der Waals surface area (Å²) in [5.41, 5.74) is 1.85. The minimum atomic E-state index is 0.136. The van der Waals surface area contributed by atoms with Gasteiger partial charge in [0.05, 0.1) is 5.69 Å². The molecule has 1 atom stereocenters. The maximum Gasteiger partial charge on any atom is 0.230 e. The minimum Gasteiger partial charge on any atom is -0.508 e. The van der Waals surface area contributed by atoms with Crippen LogP contribution < -0.4 is 4.90 Å². The third-order valence-electron chi connectivity index (χ3n) is 3.34. The number of thioether (sulfide) groups is 1. The molecule has 1 aliphatic heterocycles. The Hall–Kier alpha value is -1.16. The van der Waals surface area contributed by atoms with E-state index in [2.05, 4.69) is 0 Å². The first kappa shape index (κ1) is 13.3. The molecule has 1 aromatic carbocycles. The van der Waals surface area contributed by atoms with Gasteiger partial charge in [-0.15, -0.1) is 0 Å². The van der Waals surface area contributed by atoms with Gasteiger partial charge in [-0.2, -0.15) is 11.8 Å². The van der Waals surface area contributed by atoms with Crippen LogP contribution in [0.25, 0.3) is 0 Å². The molecule has 1 unspecified atom stereocenters. The second kappa shape index (κ2) is 5.65. The Morgan fingerprint density at radius 1 is 1.56 bits per heavy atom. The van der Waals surface area contributed by atoms with Crippen LogP contribution in [0.15, 0.2) is 18.2 Å². The van der Waals surface area contributed by atoms with Crippen LogP contribution in [0.5, 0.6) is 5.75 Å². The van der Waals surface area contributed by atoms with E-state index < -0.39 is 0 Å². The molecule has 1 aliphatic rings. The van der Waals surface area contributed by atoms with E-state index in [0.29, 0.717) is 6.54 Å². The summed E-state index contributed by atoms with van der Waals surface area (Å²) in [7, 11) is 0. The van der Waals surface area contributed by atoms with E-state index in [9.17, 15) is 9.90 Å². The van der Waals surface area contributed by atoms with Gasteiger partial charge in [0.15, 0.2) is 0 Å². The Bertz CT molecular complexity index is 441. The smallest absolute Gasteiger partial charge is 0.230 e. The predicted octanol–water partition coefficient (Wildman–Crippen LogP) is 2.81. The highest BCUT2D eigenvalue weighted by Gasteiger charge is 2.28. The maximum atomic E-state index is 12.5. The highest BCUT2D eigenvalue weighted by Crippen LogP contribution is 2.30. The number of anilines is 1. The van der Waals surface area contributed by atoms with E-state index in [0.717, 1.165) is 29.2 Å². The van der Waals surface area contributed by atoms with Gasteiger partial charge < -0.3 is 10.0 Å². The van der Waals surface area contributed by atoms with Crippen LogP contribution in [0.3, 0.4) is 0 Å². The van der Waals surface area contributed by atoms with E-state index in [-0.39, 0.29) is 17.6 Å². The molecular weight excluding hydrogens is 246 g/mol. The van der Waals surface area contributed by atoms with Crippen molar-refractivity contribution < 1.29 is 9.90 Å². The second-order valence-corrected chi connectivity index (χ2v) is 5.76. The zero-order valence-corrected chi connectivity index (χ0v) is 11.7. The average molecular weight is 265 g/mol. The molecular formula is C14H19NO2S. The molecule has 0 aliphatic carbocycles. The van der Waals surface area contributed by atoms with Crippen molar-refractivity contribution in [2.75, 3.05) is 23.0 Å². The normalized spacial score (nSPS) is 18.9. The fourth-order valence-corrected chi connectivity index (χ4v) is 3.49. The number of amides is 1. The van der Waals surface area contributed by atoms with Gasteiger partial charge in [0, 0.05) is 24.3 Å². The van der Waals surface area contributed by atoms with E-state index >= 15 is 0 Å². The molecule has 0 aromatic heterocycles. The van der Waals surface area contributed by atoms with Crippen molar-refractivity contribution in [3.8, 4) is 5.75 Å². The molecule has 0 bridgehead atoms. The van der Waals surface area contributed by atoms with Gasteiger partial charge in [-0.25, -0.2) is 0 Å². The van der Waals surface area contributed by atoms with E-state index in [4.69, 9.17) is 0 Å². The zero-order chi connectivity index (χ0) is 13.1. The Morgan fingerprint density at radius 2 is 2.33 bits per heavy atom. The summed E-state index contributed by atoms with van der Waals surface area (Å²) < 4.78 is 0. The third-order valence-corrected chi connectivity index (χ3v) is 4.51. The number of benzene rings is 1. The molecule has 1 heterocycles. The van der Waals surface area contributed by atoms with Gasteiger partial charge >= 0.3 is 0 Å². The first-order valence-electron chi connectivity index (χ1n) is 6.32. The van der Waals surface area contributed by atoms with Crippen molar-refractivity contribution in [3.05, 3.63) is 23.8 Å². The van der Waals surface area contributed by atoms with Crippen LogP contribution >= 0.6 is 11.8 Å². The van der Waals surface area contributed by atoms with E-state index in [1.54, 1.807) is 17.0 Å². The summed E-state index contributed by atoms with van der Waals surface area (Å²) in [4.78, 5) is 14.3. The first-order chi connectivity index (χ1) is 8.63. The predicted molar refractivity (Wildman–Crippen MR) is 76.3 cm³/mol. The lowest BCUT2D eigenvalue weighted by Gasteiger charge is -2.25. The Labute approximate surface area is 112 Å². The molecule has 1 N–H and O–H groups in total. The Balaban J connectivity index is 2.26. The standard InChI is InChI=1S/C14H19NO2S/c1-3-15(14(17)11-6-7-18-9-11)13-8-12(16)5-4-10(13)2/h4-5,8,11,16H,3,6-7,9H2,1-2H3. The van der Waals surface area contributed by atoms with Gasteiger partial charge in [-0.1, -0.05) is 6.07 Å². The van der Waals surface area contributed by atoms with E-state index in [1.165, 1.54) is 0 Å². The lowest BCUT2D eigenvalue weighted by Crippen LogP contribution is -2.36. The number of hydrogen-bond donors (Lipinski definition) is 1. The average Bonchev–Trinajstić information content (AvgIpc) is 2.88. The Kier molecular flexibility index (Phi) is 4.17. The molecule has 4 heteroatoms. The number of phenols is 1. The first-order valence-corrected chi connectivity index (χ1v) is 7.47. The van der Waals surface area contributed by atoms with Gasteiger partial charge in [-0.3, -0.25) is 4.79 Å². The molecule has 18 heavy (non-hydrogen) atoms. The van der Waals surface area contributed by atoms with Crippen molar-refractivity contribution in [3.63, 3.8) is 0 Å². The van der Waals surface area contributed by atoms with Crippen LogP contribution in [-0.4, -0.2) is 29.1 Å². The lowest BCUT2D eigenvalue weighted by molar-refractivity contribution is -0.121. The number of nitrogens with zero attached hydrogens (tertiary/aromatic N) is 1. The summed E-state index contributed by atoms with van der Waals surface area (Å²) in [5, 5.41) is 9.59. The number of hydrogen-bond acceptors (Lipinski definition) is 3. The van der Waals surface area contributed by atoms with Gasteiger partial charge in [0.25, 0.3) is 0 Å². The molecule has 2 rings (SSSR count). The minimum absolute atomic E-state index is 0.136. The summed E-state index contributed by atoms with van der Waals surface area (Å²) in [6.07, 6.45) is 0.970. The highest BCUT2D eigenvalue weighted by molar-refractivity contribution is 7.99. The molecule has 3 nitrogen and oxygen atoms in total. The van der Waals surface area contributed by atoms with E-state index in [1.807, 2.05) is 31.7 Å². The lowest BCUT2D eigenvalue weighted by atomic mass is 10.1. The SMILES string of the molecule is CCN(C(=O)C1CCSC1)c1cc(O)ccc1C. The van der Waals surface area contributed by atoms with Crippen molar-refractivity contribution in [1.82, 2.24) is 0 Å². The molecule has 1 saturated heterocycles. The van der Waals surface area contributed by atoms with Crippen LogP contribution in [0.2, 0.25) is 0 Å². The number of aryl methyl sites for hydroxylation is 1. The molecule has 0 saturated carbocycles. The van der Waals surface area contributed by atoms with Crippen LogP contribution in [0, 0.1) is 12.8 Å². The molecule has 1 aromatic rings. The highest BCUT2D eigenvalue weighted by atomic mass is 32.2. The number of rotatable bonds is 3. The topological polar surface area (TPSA) is 40.5 Å². The number of carbonyl (C=O) groups is 1. The number of phenolic OH excluding ortho intramolecular Hbond substituents is 1. The summed E-state index contributed by atoms with van der Waals surface area (Å²) in [5.74, 6) is 2.54. The van der Waals surface area contributed by atoms with Crippen molar-refractivity contribution >= 4 is 23.4 Å². The Morgan fingerprint density at radius 3 is 2.94 bits per heavy atom. The fourth-order valence-electron chi connectivity index (χ4n) is 2.28. The summed E-state index contributed by atoms with van der Waals surface area (Å²) in [6, 6.07) is 5.19. The van der Waals surface area contributed by atoms with Gasteiger partial charge in [0.2, 0.25) is 5.91 Å². The van der Waals surface area contributed by atoms with Gasteiger partial charge in [-0.05, 0) is 37.7 Å². The zero-order valence-electron chi connectivity index (χ0n) is 10.8. The quantitative estimate of drug-likeness (QED) is 0.913. The van der Waals surface area contributed by atoms with Crippen LogP contribution in [0.4, 0.5) is 5.69 Å². The molecule has 0 spiro atoms. The fraction of sp³-hybridized carbons (Fsp3) is 0.500. The molecule has 1 amide bonds. The largest absolute Gasteiger partial charge is 0.508 e. The molecule has 0 radical (unpaired) electrons. The molecule has 98 valence electrons. The van der Waals surface area contributed by atoms with Gasteiger partial charge in [0.1, 0.15) is 5.75 Å². The van der Waals surface area contributed by atoms with Crippen molar-refractivity contribution in [2.45, 2.75) is 20.3 Å². The summed E-state index contributed by atoms with van der Waals surface area (Å²) >= 11 is 1.84. The maximum absolute atomic E-state index is 12.5. The molecule has 1 fully saturated rings.